The highest BCUT2D eigenvalue weighted by Crippen LogP contribution is 2.37. The third-order valence-electron chi connectivity index (χ3n) is 4.77. The van der Waals surface area contributed by atoms with Crippen LogP contribution in [0.4, 0.5) is 0 Å². The second kappa shape index (κ2) is 7.01. The molecule has 3 rings (SSSR count). The standard InChI is InChI=1S/C19H23NO3/c1-22-18(21)16-10-13-23-17(16)14-20-19(11-6-3-7-12-19)15-8-4-2-5-9-15/h2,4-5,8-10,13,20H,3,6-7,11-12,14H2,1H3. The maximum Gasteiger partial charge on any atom is 0.341 e. The van der Waals surface area contributed by atoms with Crippen LogP contribution in [0.25, 0.3) is 0 Å². The van der Waals surface area contributed by atoms with Gasteiger partial charge in [0.2, 0.25) is 0 Å². The molecular formula is C19H23NO3. The minimum Gasteiger partial charge on any atom is -0.467 e. The van der Waals surface area contributed by atoms with Crippen molar-refractivity contribution < 1.29 is 13.9 Å². The summed E-state index contributed by atoms with van der Waals surface area (Å²) in [6.45, 7) is 0.520. The van der Waals surface area contributed by atoms with E-state index in [1.165, 1.54) is 31.9 Å². The molecule has 0 spiro atoms. The van der Waals surface area contributed by atoms with Crippen LogP contribution in [-0.4, -0.2) is 13.1 Å². The molecule has 0 saturated heterocycles. The molecule has 122 valence electrons. The molecule has 0 amide bonds. The Labute approximate surface area is 136 Å². The van der Waals surface area contributed by atoms with Gasteiger partial charge in [0.05, 0.1) is 19.9 Å². The van der Waals surface area contributed by atoms with Gasteiger partial charge in [-0.3, -0.25) is 0 Å². The van der Waals surface area contributed by atoms with Gasteiger partial charge in [0.15, 0.2) is 0 Å². The first-order valence-corrected chi connectivity index (χ1v) is 8.20. The van der Waals surface area contributed by atoms with E-state index in [1.807, 2.05) is 6.07 Å². The summed E-state index contributed by atoms with van der Waals surface area (Å²) in [5.74, 6) is 0.283. The second-order valence-corrected chi connectivity index (χ2v) is 6.11. The van der Waals surface area contributed by atoms with Gasteiger partial charge in [-0.05, 0) is 24.5 Å². The normalized spacial score (nSPS) is 16.9. The van der Waals surface area contributed by atoms with Crippen LogP contribution in [0.15, 0.2) is 47.1 Å². The summed E-state index contributed by atoms with van der Waals surface area (Å²) < 4.78 is 10.3. The van der Waals surface area contributed by atoms with E-state index in [4.69, 9.17) is 9.15 Å². The number of hydrogen-bond acceptors (Lipinski definition) is 4. The molecular weight excluding hydrogens is 290 g/mol. The van der Waals surface area contributed by atoms with E-state index in [1.54, 1.807) is 12.3 Å². The van der Waals surface area contributed by atoms with Crippen LogP contribution >= 0.6 is 0 Å². The van der Waals surface area contributed by atoms with E-state index in [9.17, 15) is 4.79 Å². The molecule has 0 atom stereocenters. The van der Waals surface area contributed by atoms with Crippen LogP contribution in [0.5, 0.6) is 0 Å². The van der Waals surface area contributed by atoms with Crippen LogP contribution in [0, 0.1) is 0 Å². The zero-order valence-corrected chi connectivity index (χ0v) is 13.5. The van der Waals surface area contributed by atoms with Crippen molar-refractivity contribution in [3.8, 4) is 0 Å². The Kier molecular flexibility index (Phi) is 4.82. The smallest absolute Gasteiger partial charge is 0.341 e. The second-order valence-electron chi connectivity index (χ2n) is 6.11. The lowest BCUT2D eigenvalue weighted by Gasteiger charge is -2.39. The molecule has 1 N–H and O–H groups in total. The average Bonchev–Trinajstić information content (AvgIpc) is 3.09. The van der Waals surface area contributed by atoms with Crippen molar-refractivity contribution in [2.45, 2.75) is 44.2 Å². The zero-order chi connectivity index (χ0) is 16.1. The molecule has 4 nitrogen and oxygen atoms in total. The molecule has 0 unspecified atom stereocenters. The summed E-state index contributed by atoms with van der Waals surface area (Å²) in [5, 5.41) is 3.67. The Morgan fingerprint density at radius 3 is 2.61 bits per heavy atom. The lowest BCUT2D eigenvalue weighted by molar-refractivity contribution is 0.0597. The number of ether oxygens (including phenoxy) is 1. The van der Waals surface area contributed by atoms with Crippen molar-refractivity contribution in [1.29, 1.82) is 0 Å². The van der Waals surface area contributed by atoms with Crippen molar-refractivity contribution in [2.75, 3.05) is 7.11 Å². The van der Waals surface area contributed by atoms with Gasteiger partial charge in [0.25, 0.3) is 0 Å². The predicted octanol–water partition coefficient (Wildman–Crippen LogP) is 4.02. The molecule has 1 aliphatic carbocycles. The van der Waals surface area contributed by atoms with Crippen molar-refractivity contribution in [2.24, 2.45) is 0 Å². The van der Waals surface area contributed by atoms with Crippen LogP contribution in [-0.2, 0) is 16.8 Å². The fourth-order valence-corrected chi connectivity index (χ4v) is 3.50. The predicted molar refractivity (Wildman–Crippen MR) is 88.1 cm³/mol. The first kappa shape index (κ1) is 15.8. The molecule has 1 aliphatic rings. The molecule has 0 aliphatic heterocycles. The Bertz CT molecular complexity index is 642. The summed E-state index contributed by atoms with van der Waals surface area (Å²) in [6.07, 6.45) is 7.45. The Hall–Kier alpha value is -2.07. The van der Waals surface area contributed by atoms with Crippen LogP contribution < -0.4 is 5.32 Å². The van der Waals surface area contributed by atoms with Crippen LogP contribution in [0.3, 0.4) is 0 Å². The SMILES string of the molecule is COC(=O)c1ccoc1CNC1(c2ccccc2)CCCCC1. The van der Waals surface area contributed by atoms with Gasteiger partial charge >= 0.3 is 5.97 Å². The van der Waals surface area contributed by atoms with E-state index in [0.29, 0.717) is 17.9 Å². The monoisotopic (exact) mass is 313 g/mol. The first-order chi connectivity index (χ1) is 11.2. The number of esters is 1. The summed E-state index contributed by atoms with van der Waals surface area (Å²) in [4.78, 5) is 11.8. The minimum absolute atomic E-state index is 0.0420. The zero-order valence-electron chi connectivity index (χ0n) is 13.5. The molecule has 23 heavy (non-hydrogen) atoms. The lowest BCUT2D eigenvalue weighted by atomic mass is 9.76. The molecule has 1 saturated carbocycles. The quantitative estimate of drug-likeness (QED) is 0.847. The highest BCUT2D eigenvalue weighted by Gasteiger charge is 2.33. The van der Waals surface area contributed by atoms with Crippen molar-refractivity contribution >= 4 is 5.97 Å². The van der Waals surface area contributed by atoms with Crippen LogP contribution in [0.1, 0.15) is 53.8 Å². The number of furan rings is 1. The highest BCUT2D eigenvalue weighted by molar-refractivity contribution is 5.90. The third kappa shape index (κ3) is 3.32. The minimum atomic E-state index is -0.354. The number of hydrogen-bond donors (Lipinski definition) is 1. The summed E-state index contributed by atoms with van der Waals surface area (Å²) >= 11 is 0. The van der Waals surface area contributed by atoms with Gasteiger partial charge in [-0.15, -0.1) is 0 Å². The molecule has 1 aromatic heterocycles. The van der Waals surface area contributed by atoms with E-state index in [-0.39, 0.29) is 11.5 Å². The van der Waals surface area contributed by atoms with Crippen molar-refractivity contribution in [1.82, 2.24) is 5.32 Å². The van der Waals surface area contributed by atoms with Crippen molar-refractivity contribution in [3.63, 3.8) is 0 Å². The fraction of sp³-hybridized carbons (Fsp3) is 0.421. The molecule has 1 fully saturated rings. The molecule has 1 aromatic carbocycles. The summed E-state index contributed by atoms with van der Waals surface area (Å²) in [7, 11) is 1.39. The number of methoxy groups -OCH3 is 1. The maximum absolute atomic E-state index is 11.8. The van der Waals surface area contributed by atoms with E-state index in [0.717, 1.165) is 12.8 Å². The van der Waals surface area contributed by atoms with Gasteiger partial charge in [0, 0.05) is 5.54 Å². The maximum atomic E-state index is 11.8. The average molecular weight is 313 g/mol. The van der Waals surface area contributed by atoms with Gasteiger partial charge in [0.1, 0.15) is 11.3 Å². The topological polar surface area (TPSA) is 51.5 Å². The molecule has 0 bridgehead atoms. The number of carbonyl (C=O) groups is 1. The fourth-order valence-electron chi connectivity index (χ4n) is 3.50. The van der Waals surface area contributed by atoms with Gasteiger partial charge in [-0.1, -0.05) is 49.6 Å². The molecule has 0 radical (unpaired) electrons. The Morgan fingerprint density at radius 2 is 1.91 bits per heavy atom. The number of rotatable bonds is 5. The highest BCUT2D eigenvalue weighted by atomic mass is 16.5. The molecule has 2 aromatic rings. The lowest BCUT2D eigenvalue weighted by Crippen LogP contribution is -2.43. The van der Waals surface area contributed by atoms with E-state index in [2.05, 4.69) is 29.6 Å². The Balaban J connectivity index is 1.81. The van der Waals surface area contributed by atoms with Gasteiger partial charge in [-0.2, -0.15) is 0 Å². The molecule has 4 heteroatoms. The Morgan fingerprint density at radius 1 is 1.17 bits per heavy atom. The van der Waals surface area contributed by atoms with E-state index < -0.39 is 0 Å². The number of benzene rings is 1. The first-order valence-electron chi connectivity index (χ1n) is 8.20. The van der Waals surface area contributed by atoms with E-state index >= 15 is 0 Å². The van der Waals surface area contributed by atoms with Crippen molar-refractivity contribution in [3.05, 3.63) is 59.5 Å². The molecule has 1 heterocycles. The summed E-state index contributed by atoms with van der Waals surface area (Å²) in [5.41, 5.74) is 1.77. The number of nitrogens with one attached hydrogen (secondary N) is 1. The summed E-state index contributed by atoms with van der Waals surface area (Å²) in [6, 6.07) is 12.2. The third-order valence-corrected chi connectivity index (χ3v) is 4.77. The largest absolute Gasteiger partial charge is 0.467 e. The number of carbonyl (C=O) groups excluding carboxylic acids is 1. The van der Waals surface area contributed by atoms with Crippen LogP contribution in [0.2, 0.25) is 0 Å². The van der Waals surface area contributed by atoms with Gasteiger partial charge < -0.3 is 14.5 Å². The van der Waals surface area contributed by atoms with Gasteiger partial charge in [-0.25, -0.2) is 4.79 Å².